The molecule has 0 N–H and O–H groups in total. The number of hydrogen-bond donors (Lipinski definition) is 0. The number of fused-ring (bicyclic) bond motifs is 1. The molecule has 0 aliphatic carbocycles. The summed E-state index contributed by atoms with van der Waals surface area (Å²) in [6.45, 7) is 2.30. The first-order valence-electron chi connectivity index (χ1n) is 6.93. The van der Waals surface area contributed by atoms with Gasteiger partial charge < -0.3 is 4.74 Å². The van der Waals surface area contributed by atoms with E-state index in [1.807, 2.05) is 5.38 Å². The molecule has 1 saturated heterocycles. The van der Waals surface area contributed by atoms with Crippen LogP contribution in [0.4, 0.5) is 0 Å². The number of likely N-dealkylation sites (tertiary alicyclic amines) is 1. The number of nitrogens with zero attached hydrogens (tertiary/aromatic N) is 3. The molecule has 0 aromatic carbocycles. The number of aromatic nitrogens is 2. The van der Waals surface area contributed by atoms with Gasteiger partial charge in [-0.1, -0.05) is 0 Å². The van der Waals surface area contributed by atoms with Gasteiger partial charge in [-0.25, -0.2) is 4.98 Å². The molecule has 1 fully saturated rings. The van der Waals surface area contributed by atoms with E-state index >= 15 is 0 Å². The van der Waals surface area contributed by atoms with E-state index in [0.29, 0.717) is 6.54 Å². The Morgan fingerprint density at radius 3 is 2.95 bits per heavy atom. The highest BCUT2D eigenvalue weighted by Crippen LogP contribution is 2.19. The van der Waals surface area contributed by atoms with Gasteiger partial charge in [0.1, 0.15) is 0 Å². The second kappa shape index (κ2) is 5.95. The normalized spacial score (nSPS) is 17.2. The topological polar surface area (TPSA) is 63.9 Å². The fourth-order valence-corrected chi connectivity index (χ4v) is 3.43. The summed E-state index contributed by atoms with van der Waals surface area (Å²) in [4.78, 5) is 30.9. The third kappa shape index (κ3) is 2.98. The van der Waals surface area contributed by atoms with Gasteiger partial charge >= 0.3 is 5.97 Å². The molecule has 6 nitrogen and oxygen atoms in total. The Labute approximate surface area is 126 Å². The minimum atomic E-state index is -0.119. The zero-order valence-corrected chi connectivity index (χ0v) is 12.6. The zero-order valence-electron chi connectivity index (χ0n) is 11.8. The molecule has 1 aliphatic rings. The predicted molar refractivity (Wildman–Crippen MR) is 79.4 cm³/mol. The lowest BCUT2D eigenvalue weighted by Gasteiger charge is -2.30. The van der Waals surface area contributed by atoms with Gasteiger partial charge in [0.25, 0.3) is 5.56 Å². The van der Waals surface area contributed by atoms with E-state index in [1.165, 1.54) is 18.4 Å². The largest absolute Gasteiger partial charge is 0.469 e. The fraction of sp³-hybridized carbons (Fsp3) is 0.500. The van der Waals surface area contributed by atoms with Crippen LogP contribution in [0.3, 0.4) is 0 Å². The number of rotatable bonds is 3. The second-order valence-corrected chi connectivity index (χ2v) is 6.09. The molecule has 0 atom stereocenters. The third-order valence-electron chi connectivity index (χ3n) is 3.86. The highest BCUT2D eigenvalue weighted by molar-refractivity contribution is 7.15. The number of esters is 1. The third-order valence-corrected chi connectivity index (χ3v) is 4.62. The smallest absolute Gasteiger partial charge is 0.308 e. The molecule has 0 spiro atoms. The maximum atomic E-state index is 11.9. The number of carbonyl (C=O) groups excluding carboxylic acids is 1. The van der Waals surface area contributed by atoms with Gasteiger partial charge in [0.2, 0.25) is 0 Å². The van der Waals surface area contributed by atoms with Crippen molar-refractivity contribution in [2.45, 2.75) is 19.4 Å². The first kappa shape index (κ1) is 14.2. The Bertz CT molecular complexity index is 701. The van der Waals surface area contributed by atoms with E-state index in [1.54, 1.807) is 16.7 Å². The standard InChI is InChI=1S/C14H17N3O3S/c1-20-13(19)10-2-4-16(5-3-10)9-11-8-12(18)17-6-7-21-14(17)15-11/h6-8,10H,2-5,9H2,1H3. The molecule has 2 aromatic rings. The molecule has 7 heteroatoms. The van der Waals surface area contributed by atoms with Gasteiger partial charge in [-0.05, 0) is 25.9 Å². The minimum Gasteiger partial charge on any atom is -0.469 e. The SMILES string of the molecule is COC(=O)C1CCN(Cc2cc(=O)n3ccsc3n2)CC1. The van der Waals surface area contributed by atoms with Crippen LogP contribution in [-0.2, 0) is 16.1 Å². The molecular weight excluding hydrogens is 290 g/mol. The van der Waals surface area contributed by atoms with Gasteiger partial charge in [-0.2, -0.15) is 0 Å². The first-order valence-corrected chi connectivity index (χ1v) is 7.81. The maximum Gasteiger partial charge on any atom is 0.308 e. The molecular formula is C14H17N3O3S. The molecule has 0 unspecified atom stereocenters. The Balaban J connectivity index is 1.67. The van der Waals surface area contributed by atoms with Crippen LogP contribution in [0.15, 0.2) is 22.4 Å². The number of hydrogen-bond acceptors (Lipinski definition) is 6. The number of ether oxygens (including phenoxy) is 1. The Kier molecular flexibility index (Phi) is 4.03. The lowest BCUT2D eigenvalue weighted by atomic mass is 9.97. The number of piperidine rings is 1. The highest BCUT2D eigenvalue weighted by Gasteiger charge is 2.25. The Morgan fingerprint density at radius 2 is 2.24 bits per heavy atom. The molecule has 1 aliphatic heterocycles. The molecule has 112 valence electrons. The second-order valence-electron chi connectivity index (χ2n) is 5.21. The number of methoxy groups -OCH3 is 1. The van der Waals surface area contributed by atoms with Crippen LogP contribution >= 0.6 is 11.3 Å². The summed E-state index contributed by atoms with van der Waals surface area (Å²) in [5.74, 6) is -0.115. The lowest BCUT2D eigenvalue weighted by molar-refractivity contribution is -0.147. The van der Waals surface area contributed by atoms with E-state index in [2.05, 4.69) is 9.88 Å². The van der Waals surface area contributed by atoms with Crippen LogP contribution in [0.5, 0.6) is 0 Å². The molecule has 0 radical (unpaired) electrons. The summed E-state index contributed by atoms with van der Waals surface area (Å²) in [6.07, 6.45) is 3.33. The lowest BCUT2D eigenvalue weighted by Crippen LogP contribution is -2.36. The van der Waals surface area contributed by atoms with Crippen LogP contribution < -0.4 is 5.56 Å². The van der Waals surface area contributed by atoms with E-state index < -0.39 is 0 Å². The molecule has 21 heavy (non-hydrogen) atoms. The van der Waals surface area contributed by atoms with Gasteiger partial charge in [-0.15, -0.1) is 11.3 Å². The van der Waals surface area contributed by atoms with Crippen LogP contribution in [0.25, 0.3) is 4.96 Å². The fourth-order valence-electron chi connectivity index (χ4n) is 2.69. The van der Waals surface area contributed by atoms with Gasteiger partial charge in [0, 0.05) is 24.2 Å². The van der Waals surface area contributed by atoms with Crippen LogP contribution in [0.2, 0.25) is 0 Å². The number of thiazole rings is 1. The predicted octanol–water partition coefficient (Wildman–Crippen LogP) is 1.14. The molecule has 0 amide bonds. The number of carbonyl (C=O) groups is 1. The average molecular weight is 307 g/mol. The van der Waals surface area contributed by atoms with Crippen molar-refractivity contribution in [3.8, 4) is 0 Å². The first-order chi connectivity index (χ1) is 10.2. The van der Waals surface area contributed by atoms with Crippen molar-refractivity contribution >= 4 is 22.3 Å². The summed E-state index contributed by atoms with van der Waals surface area (Å²) in [5, 5.41) is 1.86. The van der Waals surface area contributed by atoms with Crippen LogP contribution in [0, 0.1) is 5.92 Å². The van der Waals surface area contributed by atoms with E-state index in [0.717, 1.165) is 36.6 Å². The molecule has 3 heterocycles. The summed E-state index contributed by atoms with van der Waals surface area (Å²) >= 11 is 1.46. The maximum absolute atomic E-state index is 11.9. The molecule has 0 saturated carbocycles. The van der Waals surface area contributed by atoms with Gasteiger partial charge in [-0.3, -0.25) is 18.9 Å². The summed E-state index contributed by atoms with van der Waals surface area (Å²) < 4.78 is 6.34. The van der Waals surface area contributed by atoms with Gasteiger partial charge in [0.05, 0.1) is 18.7 Å². The molecule has 3 rings (SSSR count). The summed E-state index contributed by atoms with van der Waals surface area (Å²) in [5.41, 5.74) is 0.750. The van der Waals surface area contributed by atoms with Crippen molar-refractivity contribution < 1.29 is 9.53 Å². The van der Waals surface area contributed by atoms with E-state index in [4.69, 9.17) is 4.74 Å². The molecule has 2 aromatic heterocycles. The highest BCUT2D eigenvalue weighted by atomic mass is 32.1. The molecule has 0 bridgehead atoms. The van der Waals surface area contributed by atoms with Crippen LogP contribution in [0.1, 0.15) is 18.5 Å². The van der Waals surface area contributed by atoms with Crippen molar-refractivity contribution in [3.05, 3.63) is 33.7 Å². The zero-order chi connectivity index (χ0) is 14.8. The van der Waals surface area contributed by atoms with Crippen molar-refractivity contribution in [2.24, 2.45) is 5.92 Å². The Hall–Kier alpha value is -1.73. The van der Waals surface area contributed by atoms with Crippen molar-refractivity contribution in [3.63, 3.8) is 0 Å². The minimum absolute atomic E-state index is 0.00427. The van der Waals surface area contributed by atoms with Gasteiger partial charge in [0.15, 0.2) is 4.96 Å². The van der Waals surface area contributed by atoms with Crippen LogP contribution in [-0.4, -0.2) is 40.5 Å². The van der Waals surface area contributed by atoms with Crippen molar-refractivity contribution in [1.29, 1.82) is 0 Å². The quantitative estimate of drug-likeness (QED) is 0.796. The summed E-state index contributed by atoms with van der Waals surface area (Å²) in [7, 11) is 1.43. The van der Waals surface area contributed by atoms with E-state index in [-0.39, 0.29) is 17.4 Å². The van der Waals surface area contributed by atoms with Crippen molar-refractivity contribution in [1.82, 2.24) is 14.3 Å². The average Bonchev–Trinajstić information content (AvgIpc) is 2.96. The van der Waals surface area contributed by atoms with Crippen molar-refractivity contribution in [2.75, 3.05) is 20.2 Å². The monoisotopic (exact) mass is 307 g/mol. The Morgan fingerprint density at radius 1 is 1.48 bits per heavy atom. The summed E-state index contributed by atoms with van der Waals surface area (Å²) in [6, 6.07) is 1.59. The van der Waals surface area contributed by atoms with E-state index in [9.17, 15) is 9.59 Å².